The third-order valence-electron chi connectivity index (χ3n) is 3.53. The molecule has 0 saturated heterocycles. The van der Waals surface area contributed by atoms with Gasteiger partial charge in [-0.1, -0.05) is 44.2 Å². The highest BCUT2D eigenvalue weighted by atomic mass is 16.5. The molecule has 1 atom stereocenters. The molecule has 122 valence electrons. The van der Waals surface area contributed by atoms with E-state index in [1.165, 1.54) is 0 Å². The van der Waals surface area contributed by atoms with Gasteiger partial charge in [0.2, 0.25) is 5.91 Å². The largest absolute Gasteiger partial charge is 0.494 e. The van der Waals surface area contributed by atoms with Crippen molar-refractivity contribution in [2.75, 3.05) is 11.9 Å². The highest BCUT2D eigenvalue weighted by Crippen LogP contribution is 2.18. The summed E-state index contributed by atoms with van der Waals surface area (Å²) < 4.78 is 5.66. The van der Waals surface area contributed by atoms with Gasteiger partial charge in [-0.25, -0.2) is 0 Å². The maximum absolute atomic E-state index is 12.2. The van der Waals surface area contributed by atoms with Gasteiger partial charge >= 0.3 is 0 Å². The molecule has 0 spiro atoms. The molecule has 0 saturated carbocycles. The molecule has 1 unspecified atom stereocenters. The normalized spacial score (nSPS) is 12.0. The standard InChI is InChI=1S/C19H24N2O2/c1-14(2)12-13-23-17-10-8-16(9-11-17)21-19(22)18(20)15-6-4-3-5-7-15/h3-11,14,18H,12-13,20H2,1-2H3,(H,21,22). The summed E-state index contributed by atoms with van der Waals surface area (Å²) in [5, 5.41) is 2.82. The van der Waals surface area contributed by atoms with Crippen molar-refractivity contribution in [3.8, 4) is 5.75 Å². The second kappa shape index (κ2) is 8.34. The van der Waals surface area contributed by atoms with Crippen LogP contribution in [-0.4, -0.2) is 12.5 Å². The number of anilines is 1. The van der Waals surface area contributed by atoms with Crippen molar-refractivity contribution < 1.29 is 9.53 Å². The lowest BCUT2D eigenvalue weighted by atomic mass is 10.1. The van der Waals surface area contributed by atoms with E-state index in [2.05, 4.69) is 19.2 Å². The molecule has 0 aliphatic heterocycles. The number of hydrogen-bond donors (Lipinski definition) is 2. The fourth-order valence-corrected chi connectivity index (χ4v) is 2.08. The summed E-state index contributed by atoms with van der Waals surface area (Å²) in [5.41, 5.74) is 7.47. The highest BCUT2D eigenvalue weighted by molar-refractivity contribution is 5.95. The fourth-order valence-electron chi connectivity index (χ4n) is 2.08. The molecular formula is C19H24N2O2. The van der Waals surface area contributed by atoms with Gasteiger partial charge in [-0.05, 0) is 42.2 Å². The molecule has 1 amide bonds. The van der Waals surface area contributed by atoms with E-state index in [4.69, 9.17) is 10.5 Å². The number of nitrogens with one attached hydrogen (secondary N) is 1. The summed E-state index contributed by atoms with van der Waals surface area (Å²) in [5.74, 6) is 1.19. The Morgan fingerprint density at radius 1 is 1.09 bits per heavy atom. The first kappa shape index (κ1) is 17.0. The lowest BCUT2D eigenvalue weighted by Crippen LogP contribution is -2.27. The topological polar surface area (TPSA) is 64.3 Å². The third-order valence-corrected chi connectivity index (χ3v) is 3.53. The zero-order valence-electron chi connectivity index (χ0n) is 13.7. The summed E-state index contributed by atoms with van der Waals surface area (Å²) in [6.45, 7) is 5.03. The molecule has 0 fully saturated rings. The van der Waals surface area contributed by atoms with Gasteiger partial charge in [-0.2, -0.15) is 0 Å². The van der Waals surface area contributed by atoms with Crippen LogP contribution in [0.5, 0.6) is 5.75 Å². The van der Waals surface area contributed by atoms with E-state index in [1.807, 2.05) is 54.6 Å². The van der Waals surface area contributed by atoms with Crippen molar-refractivity contribution in [1.82, 2.24) is 0 Å². The molecule has 0 heterocycles. The van der Waals surface area contributed by atoms with E-state index in [9.17, 15) is 4.79 Å². The van der Waals surface area contributed by atoms with Crippen LogP contribution in [0.2, 0.25) is 0 Å². The monoisotopic (exact) mass is 312 g/mol. The fraction of sp³-hybridized carbons (Fsp3) is 0.316. The van der Waals surface area contributed by atoms with E-state index in [-0.39, 0.29) is 5.91 Å². The van der Waals surface area contributed by atoms with Crippen molar-refractivity contribution >= 4 is 11.6 Å². The lowest BCUT2D eigenvalue weighted by molar-refractivity contribution is -0.117. The first-order valence-electron chi connectivity index (χ1n) is 7.90. The van der Waals surface area contributed by atoms with Crippen LogP contribution in [-0.2, 0) is 4.79 Å². The van der Waals surface area contributed by atoms with Crippen molar-refractivity contribution in [3.05, 3.63) is 60.2 Å². The Bertz CT molecular complexity index is 609. The second-order valence-electron chi connectivity index (χ2n) is 5.93. The quantitative estimate of drug-likeness (QED) is 0.818. The van der Waals surface area contributed by atoms with Gasteiger partial charge in [-0.3, -0.25) is 4.79 Å². The molecule has 0 radical (unpaired) electrons. The van der Waals surface area contributed by atoms with Gasteiger partial charge < -0.3 is 15.8 Å². The SMILES string of the molecule is CC(C)CCOc1ccc(NC(=O)C(N)c2ccccc2)cc1. The average molecular weight is 312 g/mol. The molecule has 0 aromatic heterocycles. The smallest absolute Gasteiger partial charge is 0.245 e. The maximum Gasteiger partial charge on any atom is 0.245 e. The summed E-state index contributed by atoms with van der Waals surface area (Å²) in [6.07, 6.45) is 1.02. The molecule has 0 bridgehead atoms. The van der Waals surface area contributed by atoms with Crippen LogP contribution in [0.1, 0.15) is 31.9 Å². The summed E-state index contributed by atoms with van der Waals surface area (Å²) in [4.78, 5) is 12.2. The highest BCUT2D eigenvalue weighted by Gasteiger charge is 2.15. The number of benzene rings is 2. The summed E-state index contributed by atoms with van der Waals surface area (Å²) in [6, 6.07) is 16.0. The predicted octanol–water partition coefficient (Wildman–Crippen LogP) is 3.75. The van der Waals surface area contributed by atoms with Crippen molar-refractivity contribution in [3.63, 3.8) is 0 Å². The van der Waals surface area contributed by atoms with Crippen LogP contribution in [0.15, 0.2) is 54.6 Å². The third kappa shape index (κ3) is 5.42. The molecule has 4 heteroatoms. The lowest BCUT2D eigenvalue weighted by Gasteiger charge is -2.13. The summed E-state index contributed by atoms with van der Waals surface area (Å²) >= 11 is 0. The van der Waals surface area contributed by atoms with Crippen LogP contribution in [0, 0.1) is 5.92 Å². The molecule has 0 aliphatic carbocycles. The summed E-state index contributed by atoms with van der Waals surface area (Å²) in [7, 11) is 0. The van der Waals surface area contributed by atoms with Gasteiger partial charge in [0, 0.05) is 5.69 Å². The molecule has 2 aromatic rings. The first-order valence-corrected chi connectivity index (χ1v) is 7.90. The molecule has 3 N–H and O–H groups in total. The molecule has 2 aromatic carbocycles. The Kier molecular flexibility index (Phi) is 6.18. The van der Waals surface area contributed by atoms with E-state index in [0.717, 1.165) is 17.7 Å². The zero-order valence-corrected chi connectivity index (χ0v) is 13.7. The van der Waals surface area contributed by atoms with Gasteiger partial charge in [0.25, 0.3) is 0 Å². The van der Waals surface area contributed by atoms with Crippen molar-refractivity contribution in [1.29, 1.82) is 0 Å². The minimum Gasteiger partial charge on any atom is -0.494 e. The zero-order chi connectivity index (χ0) is 16.7. The Balaban J connectivity index is 1.89. The number of amides is 1. The average Bonchev–Trinajstić information content (AvgIpc) is 2.56. The number of hydrogen-bond acceptors (Lipinski definition) is 3. The number of nitrogens with two attached hydrogens (primary N) is 1. The van der Waals surface area contributed by atoms with Crippen molar-refractivity contribution in [2.45, 2.75) is 26.3 Å². The Labute approximate surface area is 137 Å². The Morgan fingerprint density at radius 3 is 2.35 bits per heavy atom. The minimum atomic E-state index is -0.682. The number of carbonyl (C=O) groups is 1. The Hall–Kier alpha value is -2.33. The van der Waals surface area contributed by atoms with Crippen LogP contribution in [0.4, 0.5) is 5.69 Å². The van der Waals surface area contributed by atoms with Gasteiger partial charge in [0.15, 0.2) is 0 Å². The number of ether oxygens (including phenoxy) is 1. The van der Waals surface area contributed by atoms with Gasteiger partial charge in [0.1, 0.15) is 11.8 Å². The van der Waals surface area contributed by atoms with E-state index < -0.39 is 6.04 Å². The van der Waals surface area contributed by atoms with E-state index >= 15 is 0 Å². The molecule has 23 heavy (non-hydrogen) atoms. The number of carbonyl (C=O) groups excluding carboxylic acids is 1. The van der Waals surface area contributed by atoms with Crippen molar-refractivity contribution in [2.24, 2.45) is 11.7 Å². The van der Waals surface area contributed by atoms with Crippen LogP contribution >= 0.6 is 0 Å². The molecular weight excluding hydrogens is 288 g/mol. The maximum atomic E-state index is 12.2. The molecule has 4 nitrogen and oxygen atoms in total. The van der Waals surface area contributed by atoms with Gasteiger partial charge in [-0.15, -0.1) is 0 Å². The van der Waals surface area contributed by atoms with Crippen LogP contribution < -0.4 is 15.8 Å². The molecule has 0 aliphatic rings. The minimum absolute atomic E-state index is 0.232. The van der Waals surface area contributed by atoms with E-state index in [0.29, 0.717) is 18.2 Å². The first-order chi connectivity index (χ1) is 11.1. The van der Waals surface area contributed by atoms with E-state index in [1.54, 1.807) is 0 Å². The van der Waals surface area contributed by atoms with Crippen LogP contribution in [0.25, 0.3) is 0 Å². The van der Waals surface area contributed by atoms with Crippen LogP contribution in [0.3, 0.4) is 0 Å². The molecule has 2 rings (SSSR count). The predicted molar refractivity (Wildman–Crippen MR) is 93.4 cm³/mol. The number of rotatable bonds is 7. The second-order valence-corrected chi connectivity index (χ2v) is 5.93. The van der Waals surface area contributed by atoms with Gasteiger partial charge in [0.05, 0.1) is 6.61 Å². The Morgan fingerprint density at radius 2 is 1.74 bits per heavy atom.